The van der Waals surface area contributed by atoms with Gasteiger partial charge in [-0.25, -0.2) is 0 Å². The van der Waals surface area contributed by atoms with E-state index in [0.29, 0.717) is 11.6 Å². The number of amides is 1. The molecule has 7 heteroatoms. The van der Waals surface area contributed by atoms with Crippen LogP contribution in [0.25, 0.3) is 0 Å². The van der Waals surface area contributed by atoms with Gasteiger partial charge in [0.2, 0.25) is 0 Å². The Bertz CT molecular complexity index is 575. The molecule has 2 aliphatic heterocycles. The van der Waals surface area contributed by atoms with Gasteiger partial charge in [0.25, 0.3) is 5.91 Å². The van der Waals surface area contributed by atoms with Crippen LogP contribution in [-0.4, -0.2) is 53.3 Å². The smallest absolute Gasteiger partial charge is 0.273 e. The molecular formula is C18H28N4O2S. The third-order valence-corrected chi connectivity index (χ3v) is 6.83. The van der Waals surface area contributed by atoms with Crippen molar-refractivity contribution in [2.45, 2.75) is 50.5 Å². The maximum atomic E-state index is 12.3. The van der Waals surface area contributed by atoms with E-state index in [1.165, 1.54) is 31.7 Å². The summed E-state index contributed by atoms with van der Waals surface area (Å²) in [5, 5.41) is 10.5. The Morgan fingerprint density at radius 2 is 2.00 bits per heavy atom. The topological polar surface area (TPSA) is 70.4 Å². The zero-order valence-electron chi connectivity index (χ0n) is 14.7. The number of nitrogens with one attached hydrogen (secondary N) is 2. The van der Waals surface area contributed by atoms with Crippen LogP contribution in [0.5, 0.6) is 0 Å². The average Bonchev–Trinajstić information content (AvgIpc) is 3.38. The van der Waals surface area contributed by atoms with Gasteiger partial charge in [0.15, 0.2) is 5.69 Å². The second kappa shape index (κ2) is 8.10. The first-order valence-corrected chi connectivity index (χ1v) is 10.6. The highest BCUT2D eigenvalue weighted by Crippen LogP contribution is 2.40. The lowest BCUT2D eigenvalue weighted by atomic mass is 10.0. The van der Waals surface area contributed by atoms with Crippen LogP contribution < -0.4 is 10.6 Å². The monoisotopic (exact) mass is 364 g/mol. The lowest BCUT2D eigenvalue weighted by Crippen LogP contribution is -2.43. The fourth-order valence-electron chi connectivity index (χ4n) is 3.60. The summed E-state index contributed by atoms with van der Waals surface area (Å²) < 4.78 is 7.76. The number of nitrogens with zero attached hydrogens (tertiary/aromatic N) is 2. The highest BCUT2D eigenvalue weighted by molar-refractivity contribution is 7.97. The number of rotatable bonds is 6. The quantitative estimate of drug-likeness (QED) is 0.756. The van der Waals surface area contributed by atoms with Crippen LogP contribution in [0, 0.1) is 5.92 Å². The van der Waals surface area contributed by atoms with Crippen LogP contribution in [-0.2, 0) is 0 Å². The minimum Gasteiger partial charge on any atom is -0.360 e. The first-order chi connectivity index (χ1) is 12.3. The van der Waals surface area contributed by atoms with Crippen molar-refractivity contribution in [1.29, 1.82) is 0 Å². The average molecular weight is 365 g/mol. The molecule has 1 aromatic rings. The number of hydrogen-bond donors (Lipinski definition) is 2. The first-order valence-electron chi connectivity index (χ1n) is 9.64. The van der Waals surface area contributed by atoms with Gasteiger partial charge in [-0.15, -0.1) is 0 Å². The Labute approximate surface area is 153 Å². The second-order valence-corrected chi connectivity index (χ2v) is 8.66. The molecule has 138 valence electrons. The third kappa shape index (κ3) is 4.77. The standard InChI is InChI=1S/C18H28N4O2S/c23-18(16-11-17(24-21-16)14-1-2-14)20-15-5-9-22(10-6-15)25-12-13-3-7-19-8-4-13/h11,13-15,19H,1-10,12H2,(H,20,23). The number of carbonyl (C=O) groups excluding carboxylic acids is 1. The third-order valence-electron chi connectivity index (χ3n) is 5.48. The van der Waals surface area contributed by atoms with Gasteiger partial charge in [-0.3, -0.25) is 9.10 Å². The van der Waals surface area contributed by atoms with Gasteiger partial charge in [0.1, 0.15) is 5.76 Å². The lowest BCUT2D eigenvalue weighted by molar-refractivity contribution is 0.0915. The fraction of sp³-hybridized carbons (Fsp3) is 0.778. The summed E-state index contributed by atoms with van der Waals surface area (Å²) >= 11 is 2.00. The molecule has 0 bridgehead atoms. The second-order valence-electron chi connectivity index (χ2n) is 7.55. The van der Waals surface area contributed by atoms with Gasteiger partial charge in [-0.2, -0.15) is 0 Å². The molecule has 1 saturated carbocycles. The molecule has 1 aliphatic carbocycles. The zero-order chi connectivity index (χ0) is 17.1. The van der Waals surface area contributed by atoms with Gasteiger partial charge in [-0.05, 0) is 57.5 Å². The van der Waals surface area contributed by atoms with Crippen molar-refractivity contribution in [3.63, 3.8) is 0 Å². The van der Waals surface area contributed by atoms with Crippen LogP contribution in [0.15, 0.2) is 10.6 Å². The summed E-state index contributed by atoms with van der Waals surface area (Å²) in [6.07, 6.45) is 6.95. The van der Waals surface area contributed by atoms with Crippen molar-refractivity contribution in [2.75, 3.05) is 31.9 Å². The lowest BCUT2D eigenvalue weighted by Gasteiger charge is -2.32. The van der Waals surface area contributed by atoms with E-state index in [0.717, 1.165) is 50.5 Å². The van der Waals surface area contributed by atoms with Crippen molar-refractivity contribution < 1.29 is 9.32 Å². The SMILES string of the molecule is O=C(NC1CCN(SCC2CCNCC2)CC1)c1cc(C2CC2)on1. The van der Waals surface area contributed by atoms with E-state index in [9.17, 15) is 4.79 Å². The van der Waals surface area contributed by atoms with Crippen molar-refractivity contribution in [2.24, 2.45) is 5.92 Å². The zero-order valence-corrected chi connectivity index (χ0v) is 15.5. The number of aromatic nitrogens is 1. The van der Waals surface area contributed by atoms with Crippen LogP contribution >= 0.6 is 11.9 Å². The molecule has 3 heterocycles. The Morgan fingerprint density at radius 1 is 1.24 bits per heavy atom. The van der Waals surface area contributed by atoms with Gasteiger partial charge in [0.05, 0.1) is 0 Å². The fourth-order valence-corrected chi connectivity index (χ4v) is 4.83. The van der Waals surface area contributed by atoms with Crippen molar-refractivity contribution >= 4 is 17.9 Å². The number of piperidine rings is 2. The van der Waals surface area contributed by atoms with Crippen LogP contribution in [0.3, 0.4) is 0 Å². The Kier molecular flexibility index (Phi) is 5.63. The molecule has 6 nitrogen and oxygen atoms in total. The number of hydrogen-bond acceptors (Lipinski definition) is 6. The summed E-state index contributed by atoms with van der Waals surface area (Å²) in [5.41, 5.74) is 0.435. The summed E-state index contributed by atoms with van der Waals surface area (Å²) in [5.74, 6) is 3.37. The van der Waals surface area contributed by atoms with Crippen molar-refractivity contribution in [3.05, 3.63) is 17.5 Å². The summed E-state index contributed by atoms with van der Waals surface area (Å²) in [4.78, 5) is 12.3. The van der Waals surface area contributed by atoms with Crippen LogP contribution in [0.1, 0.15) is 60.7 Å². The Balaban J connectivity index is 1.17. The van der Waals surface area contributed by atoms with E-state index in [2.05, 4.69) is 20.1 Å². The summed E-state index contributed by atoms with van der Waals surface area (Å²) in [6.45, 7) is 4.44. The minimum atomic E-state index is -0.0866. The van der Waals surface area contributed by atoms with Crippen molar-refractivity contribution in [3.8, 4) is 0 Å². The molecular weight excluding hydrogens is 336 g/mol. The number of carbonyl (C=O) groups is 1. The molecule has 0 unspecified atom stereocenters. The van der Waals surface area contributed by atoms with Gasteiger partial charge in [-0.1, -0.05) is 17.1 Å². The molecule has 1 aromatic heterocycles. The Morgan fingerprint density at radius 3 is 2.72 bits per heavy atom. The molecule has 2 saturated heterocycles. The van der Waals surface area contributed by atoms with E-state index in [1.54, 1.807) is 0 Å². The predicted octanol–water partition coefficient (Wildman–Crippen LogP) is 2.39. The van der Waals surface area contributed by atoms with Gasteiger partial charge in [0, 0.05) is 36.9 Å². The molecule has 25 heavy (non-hydrogen) atoms. The van der Waals surface area contributed by atoms with E-state index in [4.69, 9.17) is 4.52 Å². The minimum absolute atomic E-state index is 0.0866. The van der Waals surface area contributed by atoms with Gasteiger partial charge >= 0.3 is 0 Å². The largest absolute Gasteiger partial charge is 0.360 e. The predicted molar refractivity (Wildman–Crippen MR) is 98.6 cm³/mol. The maximum absolute atomic E-state index is 12.3. The van der Waals surface area contributed by atoms with E-state index < -0.39 is 0 Å². The van der Waals surface area contributed by atoms with Gasteiger partial charge < -0.3 is 15.2 Å². The van der Waals surface area contributed by atoms with E-state index in [1.807, 2.05) is 18.0 Å². The molecule has 2 N–H and O–H groups in total. The van der Waals surface area contributed by atoms with Crippen LogP contribution in [0.4, 0.5) is 0 Å². The normalized spacial score (nSPS) is 23.7. The highest BCUT2D eigenvalue weighted by atomic mass is 32.2. The van der Waals surface area contributed by atoms with E-state index >= 15 is 0 Å². The Hall–Kier alpha value is -1.05. The highest BCUT2D eigenvalue weighted by Gasteiger charge is 2.29. The van der Waals surface area contributed by atoms with E-state index in [-0.39, 0.29) is 11.9 Å². The summed E-state index contributed by atoms with van der Waals surface area (Å²) in [7, 11) is 0. The molecule has 4 rings (SSSR count). The summed E-state index contributed by atoms with van der Waals surface area (Å²) in [6, 6.07) is 2.07. The maximum Gasteiger partial charge on any atom is 0.273 e. The van der Waals surface area contributed by atoms with Crippen molar-refractivity contribution in [1.82, 2.24) is 20.1 Å². The molecule has 0 spiro atoms. The molecule has 0 atom stereocenters. The first kappa shape index (κ1) is 17.4. The molecule has 0 aromatic carbocycles. The molecule has 3 fully saturated rings. The molecule has 0 radical (unpaired) electrons. The van der Waals surface area contributed by atoms with Crippen LogP contribution in [0.2, 0.25) is 0 Å². The molecule has 3 aliphatic rings. The molecule has 1 amide bonds.